The highest BCUT2D eigenvalue weighted by Crippen LogP contribution is 2.21. The summed E-state index contributed by atoms with van der Waals surface area (Å²) >= 11 is 0. The van der Waals surface area contributed by atoms with E-state index < -0.39 is 0 Å². The van der Waals surface area contributed by atoms with E-state index in [1.807, 2.05) is 18.2 Å². The van der Waals surface area contributed by atoms with E-state index in [0.717, 1.165) is 30.2 Å². The van der Waals surface area contributed by atoms with E-state index in [0.29, 0.717) is 5.95 Å². The van der Waals surface area contributed by atoms with Crippen LogP contribution >= 0.6 is 0 Å². The SMILES string of the molecule is CCN(CC)c1cc(-c2cccnc2)nc(N)n1. The van der Waals surface area contributed by atoms with Gasteiger partial charge in [-0.05, 0) is 26.0 Å². The highest BCUT2D eigenvalue weighted by Gasteiger charge is 2.09. The molecule has 0 aliphatic carbocycles. The quantitative estimate of drug-likeness (QED) is 0.889. The topological polar surface area (TPSA) is 67.9 Å². The smallest absolute Gasteiger partial charge is 0.222 e. The Morgan fingerprint density at radius 1 is 1.22 bits per heavy atom. The first-order valence-electron chi connectivity index (χ1n) is 6.04. The zero-order chi connectivity index (χ0) is 13.0. The van der Waals surface area contributed by atoms with Crippen LogP contribution in [-0.4, -0.2) is 28.0 Å². The lowest BCUT2D eigenvalue weighted by atomic mass is 10.2. The van der Waals surface area contributed by atoms with Crippen molar-refractivity contribution in [1.82, 2.24) is 15.0 Å². The molecular formula is C13H17N5. The Hall–Kier alpha value is -2.17. The molecule has 94 valence electrons. The van der Waals surface area contributed by atoms with Gasteiger partial charge in [-0.3, -0.25) is 4.98 Å². The summed E-state index contributed by atoms with van der Waals surface area (Å²) in [5.41, 5.74) is 7.52. The zero-order valence-corrected chi connectivity index (χ0v) is 10.7. The van der Waals surface area contributed by atoms with Crippen molar-refractivity contribution in [1.29, 1.82) is 0 Å². The maximum absolute atomic E-state index is 5.77. The van der Waals surface area contributed by atoms with E-state index in [9.17, 15) is 0 Å². The number of anilines is 2. The summed E-state index contributed by atoms with van der Waals surface area (Å²) in [6, 6.07) is 5.78. The van der Waals surface area contributed by atoms with Crippen molar-refractivity contribution in [3.63, 3.8) is 0 Å². The Balaban J connectivity index is 2.44. The van der Waals surface area contributed by atoms with Crippen molar-refractivity contribution >= 4 is 11.8 Å². The summed E-state index contributed by atoms with van der Waals surface area (Å²) < 4.78 is 0. The fraction of sp³-hybridized carbons (Fsp3) is 0.308. The Morgan fingerprint density at radius 2 is 2.00 bits per heavy atom. The molecule has 5 nitrogen and oxygen atoms in total. The van der Waals surface area contributed by atoms with E-state index in [4.69, 9.17) is 5.73 Å². The van der Waals surface area contributed by atoms with Gasteiger partial charge in [0.15, 0.2) is 0 Å². The van der Waals surface area contributed by atoms with E-state index >= 15 is 0 Å². The van der Waals surface area contributed by atoms with Gasteiger partial charge in [0.25, 0.3) is 0 Å². The third-order valence-corrected chi connectivity index (χ3v) is 2.77. The molecule has 18 heavy (non-hydrogen) atoms. The second kappa shape index (κ2) is 5.44. The Bertz CT molecular complexity index is 508. The summed E-state index contributed by atoms with van der Waals surface area (Å²) in [6.45, 7) is 5.95. The van der Waals surface area contributed by atoms with Gasteiger partial charge in [0.05, 0.1) is 5.69 Å². The standard InChI is InChI=1S/C13H17N5/c1-3-18(4-2)12-8-11(16-13(14)17-12)10-6-5-7-15-9-10/h5-9H,3-4H2,1-2H3,(H2,14,16,17). The van der Waals surface area contributed by atoms with Gasteiger partial charge in [-0.15, -0.1) is 0 Å². The van der Waals surface area contributed by atoms with Crippen LogP contribution in [0.5, 0.6) is 0 Å². The molecule has 2 aromatic heterocycles. The molecule has 0 saturated heterocycles. The van der Waals surface area contributed by atoms with Crippen LogP contribution in [-0.2, 0) is 0 Å². The van der Waals surface area contributed by atoms with Crippen molar-refractivity contribution in [3.05, 3.63) is 30.6 Å². The van der Waals surface area contributed by atoms with Gasteiger partial charge in [0, 0.05) is 37.1 Å². The summed E-state index contributed by atoms with van der Waals surface area (Å²) in [7, 11) is 0. The second-order valence-corrected chi connectivity index (χ2v) is 3.88. The summed E-state index contributed by atoms with van der Waals surface area (Å²) in [6.07, 6.45) is 3.51. The maximum Gasteiger partial charge on any atom is 0.222 e. The summed E-state index contributed by atoms with van der Waals surface area (Å²) in [5, 5.41) is 0. The molecule has 0 aliphatic rings. The van der Waals surface area contributed by atoms with Crippen LogP contribution in [0.1, 0.15) is 13.8 Å². The lowest BCUT2D eigenvalue weighted by Gasteiger charge is -2.20. The number of nitrogen functional groups attached to an aromatic ring is 1. The highest BCUT2D eigenvalue weighted by molar-refractivity contribution is 5.63. The first-order valence-corrected chi connectivity index (χ1v) is 6.04. The molecule has 0 aromatic carbocycles. The van der Waals surface area contributed by atoms with Crippen molar-refractivity contribution in [3.8, 4) is 11.3 Å². The van der Waals surface area contributed by atoms with Crippen molar-refractivity contribution in [2.24, 2.45) is 0 Å². The predicted octanol–water partition coefficient (Wildman–Crippen LogP) is 1.97. The normalized spacial score (nSPS) is 10.3. The molecule has 0 saturated carbocycles. The monoisotopic (exact) mass is 243 g/mol. The maximum atomic E-state index is 5.77. The summed E-state index contributed by atoms with van der Waals surface area (Å²) in [5.74, 6) is 1.14. The Morgan fingerprint density at radius 3 is 2.61 bits per heavy atom. The van der Waals surface area contributed by atoms with Crippen molar-refractivity contribution in [2.45, 2.75) is 13.8 Å². The van der Waals surface area contributed by atoms with Gasteiger partial charge in [-0.2, -0.15) is 4.98 Å². The van der Waals surface area contributed by atoms with Gasteiger partial charge in [0.1, 0.15) is 5.82 Å². The van der Waals surface area contributed by atoms with Crippen LogP contribution in [0.2, 0.25) is 0 Å². The minimum absolute atomic E-state index is 0.290. The van der Waals surface area contributed by atoms with Crippen LogP contribution in [0.15, 0.2) is 30.6 Å². The largest absolute Gasteiger partial charge is 0.368 e. The molecular weight excluding hydrogens is 226 g/mol. The molecule has 0 fully saturated rings. The molecule has 2 rings (SSSR count). The molecule has 0 spiro atoms. The Kier molecular flexibility index (Phi) is 3.72. The fourth-order valence-electron chi connectivity index (χ4n) is 1.82. The molecule has 2 aromatic rings. The third-order valence-electron chi connectivity index (χ3n) is 2.77. The molecule has 0 atom stereocenters. The molecule has 0 unspecified atom stereocenters. The minimum atomic E-state index is 0.290. The molecule has 0 amide bonds. The van der Waals surface area contributed by atoms with Crippen LogP contribution in [0.3, 0.4) is 0 Å². The average molecular weight is 243 g/mol. The first kappa shape index (κ1) is 12.3. The van der Waals surface area contributed by atoms with Gasteiger partial charge >= 0.3 is 0 Å². The molecule has 5 heteroatoms. The van der Waals surface area contributed by atoms with Gasteiger partial charge in [-0.1, -0.05) is 0 Å². The average Bonchev–Trinajstić information content (AvgIpc) is 2.40. The van der Waals surface area contributed by atoms with Gasteiger partial charge in [0.2, 0.25) is 5.95 Å². The second-order valence-electron chi connectivity index (χ2n) is 3.88. The molecule has 2 heterocycles. The van der Waals surface area contributed by atoms with E-state index in [1.165, 1.54) is 0 Å². The van der Waals surface area contributed by atoms with Crippen LogP contribution < -0.4 is 10.6 Å². The van der Waals surface area contributed by atoms with E-state index in [1.54, 1.807) is 12.4 Å². The number of rotatable bonds is 4. The number of hydrogen-bond acceptors (Lipinski definition) is 5. The number of aromatic nitrogens is 3. The molecule has 0 bridgehead atoms. The Labute approximate surface area is 107 Å². The number of nitrogens with zero attached hydrogens (tertiary/aromatic N) is 4. The zero-order valence-electron chi connectivity index (χ0n) is 10.7. The lowest BCUT2D eigenvalue weighted by Crippen LogP contribution is -2.23. The number of nitrogens with two attached hydrogens (primary N) is 1. The fourth-order valence-corrected chi connectivity index (χ4v) is 1.82. The predicted molar refractivity (Wildman–Crippen MR) is 73.2 cm³/mol. The van der Waals surface area contributed by atoms with Gasteiger partial charge in [-0.25, -0.2) is 4.98 Å². The van der Waals surface area contributed by atoms with Crippen LogP contribution in [0, 0.1) is 0 Å². The van der Waals surface area contributed by atoms with E-state index in [2.05, 4.69) is 33.7 Å². The molecule has 2 N–H and O–H groups in total. The number of pyridine rings is 1. The van der Waals surface area contributed by atoms with Crippen molar-refractivity contribution < 1.29 is 0 Å². The van der Waals surface area contributed by atoms with Gasteiger partial charge < -0.3 is 10.6 Å². The molecule has 0 radical (unpaired) electrons. The number of hydrogen-bond donors (Lipinski definition) is 1. The minimum Gasteiger partial charge on any atom is -0.368 e. The highest BCUT2D eigenvalue weighted by atomic mass is 15.2. The first-order chi connectivity index (χ1) is 8.74. The van der Waals surface area contributed by atoms with Crippen LogP contribution in [0.25, 0.3) is 11.3 Å². The van der Waals surface area contributed by atoms with E-state index in [-0.39, 0.29) is 0 Å². The lowest BCUT2D eigenvalue weighted by molar-refractivity contribution is 0.844. The molecule has 0 aliphatic heterocycles. The summed E-state index contributed by atoms with van der Waals surface area (Å²) in [4.78, 5) is 14.8. The third kappa shape index (κ3) is 2.56. The van der Waals surface area contributed by atoms with Crippen LogP contribution in [0.4, 0.5) is 11.8 Å². The van der Waals surface area contributed by atoms with Crippen molar-refractivity contribution in [2.75, 3.05) is 23.7 Å².